The SMILES string of the molecule is CC(C)Cn1cc(-c2cnc(N)[nH]2)cn1. The Balaban J connectivity index is 2.20. The molecule has 2 aromatic rings. The van der Waals surface area contributed by atoms with Gasteiger partial charge in [0, 0.05) is 18.3 Å². The number of aromatic amines is 1. The summed E-state index contributed by atoms with van der Waals surface area (Å²) in [5.74, 6) is 1.02. The van der Waals surface area contributed by atoms with Gasteiger partial charge in [-0.1, -0.05) is 13.8 Å². The average molecular weight is 205 g/mol. The summed E-state index contributed by atoms with van der Waals surface area (Å²) in [6, 6.07) is 0. The normalized spacial score (nSPS) is 11.1. The van der Waals surface area contributed by atoms with Crippen LogP contribution >= 0.6 is 0 Å². The van der Waals surface area contributed by atoms with E-state index in [1.807, 2.05) is 17.1 Å². The highest BCUT2D eigenvalue weighted by atomic mass is 15.3. The molecular formula is C10H15N5. The molecule has 15 heavy (non-hydrogen) atoms. The highest BCUT2D eigenvalue weighted by Crippen LogP contribution is 2.16. The maximum Gasteiger partial charge on any atom is 0.197 e. The smallest absolute Gasteiger partial charge is 0.197 e. The van der Waals surface area contributed by atoms with Crippen LogP contribution in [-0.2, 0) is 6.54 Å². The number of nitrogens with one attached hydrogen (secondary N) is 1. The van der Waals surface area contributed by atoms with Crippen LogP contribution in [0.1, 0.15) is 13.8 Å². The van der Waals surface area contributed by atoms with Crippen molar-refractivity contribution >= 4 is 5.95 Å². The number of aromatic nitrogens is 4. The van der Waals surface area contributed by atoms with Gasteiger partial charge in [-0.3, -0.25) is 4.68 Å². The van der Waals surface area contributed by atoms with Crippen molar-refractivity contribution in [3.05, 3.63) is 18.6 Å². The van der Waals surface area contributed by atoms with Crippen molar-refractivity contribution in [2.45, 2.75) is 20.4 Å². The number of H-pyrrole nitrogens is 1. The van der Waals surface area contributed by atoms with Crippen LogP contribution in [0.3, 0.4) is 0 Å². The molecule has 0 spiro atoms. The van der Waals surface area contributed by atoms with E-state index in [9.17, 15) is 0 Å². The first-order valence-corrected chi connectivity index (χ1v) is 4.98. The van der Waals surface area contributed by atoms with Gasteiger partial charge in [0.1, 0.15) is 0 Å². The zero-order valence-electron chi connectivity index (χ0n) is 8.94. The molecule has 0 atom stereocenters. The summed E-state index contributed by atoms with van der Waals surface area (Å²) in [5, 5.41) is 4.27. The Kier molecular flexibility index (Phi) is 2.45. The maximum atomic E-state index is 5.51. The van der Waals surface area contributed by atoms with E-state index >= 15 is 0 Å². The molecule has 2 aromatic heterocycles. The van der Waals surface area contributed by atoms with E-state index in [0.29, 0.717) is 11.9 Å². The fraction of sp³-hybridized carbons (Fsp3) is 0.400. The van der Waals surface area contributed by atoms with Gasteiger partial charge < -0.3 is 10.7 Å². The quantitative estimate of drug-likeness (QED) is 0.797. The molecule has 0 amide bonds. The Morgan fingerprint density at radius 1 is 1.47 bits per heavy atom. The molecule has 0 radical (unpaired) electrons. The van der Waals surface area contributed by atoms with Crippen molar-refractivity contribution in [1.29, 1.82) is 0 Å². The summed E-state index contributed by atoms with van der Waals surface area (Å²) in [6.07, 6.45) is 5.52. The molecule has 0 saturated heterocycles. The molecule has 2 rings (SSSR count). The van der Waals surface area contributed by atoms with Crippen molar-refractivity contribution in [1.82, 2.24) is 19.7 Å². The topological polar surface area (TPSA) is 72.5 Å². The summed E-state index contributed by atoms with van der Waals surface area (Å²) < 4.78 is 1.93. The van der Waals surface area contributed by atoms with E-state index in [-0.39, 0.29) is 0 Å². The van der Waals surface area contributed by atoms with Crippen molar-refractivity contribution in [3.8, 4) is 11.3 Å². The number of nitrogen functional groups attached to an aromatic ring is 1. The van der Waals surface area contributed by atoms with Crippen LogP contribution < -0.4 is 5.73 Å². The van der Waals surface area contributed by atoms with Crippen LogP contribution in [0.2, 0.25) is 0 Å². The molecule has 3 N–H and O–H groups in total. The van der Waals surface area contributed by atoms with Crippen molar-refractivity contribution in [2.75, 3.05) is 5.73 Å². The van der Waals surface area contributed by atoms with Crippen LogP contribution in [0, 0.1) is 5.92 Å². The highest BCUT2D eigenvalue weighted by molar-refractivity contribution is 5.57. The van der Waals surface area contributed by atoms with Gasteiger partial charge in [0.2, 0.25) is 0 Å². The number of imidazole rings is 1. The number of rotatable bonds is 3. The predicted molar refractivity (Wildman–Crippen MR) is 59.1 cm³/mol. The second-order valence-electron chi connectivity index (χ2n) is 4.03. The molecule has 0 unspecified atom stereocenters. The molecule has 5 nitrogen and oxygen atoms in total. The molecule has 0 saturated carbocycles. The molecule has 0 bridgehead atoms. The molecule has 0 aliphatic rings. The third-order valence-electron chi connectivity index (χ3n) is 2.09. The summed E-state index contributed by atoms with van der Waals surface area (Å²) in [6.45, 7) is 5.24. The van der Waals surface area contributed by atoms with Crippen molar-refractivity contribution < 1.29 is 0 Å². The average Bonchev–Trinajstić information content (AvgIpc) is 2.72. The summed E-state index contributed by atoms with van der Waals surface area (Å²) in [7, 11) is 0. The van der Waals surface area contributed by atoms with E-state index in [1.54, 1.807) is 6.20 Å². The van der Waals surface area contributed by atoms with Gasteiger partial charge in [-0.25, -0.2) is 4.98 Å². The second kappa shape index (κ2) is 3.76. The molecule has 2 heterocycles. The fourth-order valence-electron chi connectivity index (χ4n) is 1.46. The molecule has 0 aromatic carbocycles. The minimum Gasteiger partial charge on any atom is -0.369 e. The zero-order chi connectivity index (χ0) is 10.8. The second-order valence-corrected chi connectivity index (χ2v) is 4.03. The van der Waals surface area contributed by atoms with Crippen molar-refractivity contribution in [2.24, 2.45) is 5.92 Å². The minimum absolute atomic E-state index is 0.432. The first-order valence-electron chi connectivity index (χ1n) is 4.98. The lowest BCUT2D eigenvalue weighted by molar-refractivity contribution is 0.483. The summed E-state index contributed by atoms with van der Waals surface area (Å²) in [4.78, 5) is 6.92. The number of nitrogens with zero attached hydrogens (tertiary/aromatic N) is 3. The van der Waals surface area contributed by atoms with Crippen LogP contribution in [-0.4, -0.2) is 19.7 Å². The summed E-state index contributed by atoms with van der Waals surface area (Å²) >= 11 is 0. The third kappa shape index (κ3) is 2.18. The number of nitrogens with two attached hydrogens (primary N) is 1. The van der Waals surface area contributed by atoms with E-state index in [1.165, 1.54) is 0 Å². The number of anilines is 1. The Labute approximate surface area is 88.3 Å². The Hall–Kier alpha value is -1.78. The van der Waals surface area contributed by atoms with E-state index in [2.05, 4.69) is 28.9 Å². The van der Waals surface area contributed by atoms with Gasteiger partial charge in [0.15, 0.2) is 5.95 Å². The fourth-order valence-corrected chi connectivity index (χ4v) is 1.46. The summed E-state index contributed by atoms with van der Waals surface area (Å²) in [5.41, 5.74) is 7.43. The monoisotopic (exact) mass is 205 g/mol. The van der Waals surface area contributed by atoms with Crippen LogP contribution in [0.25, 0.3) is 11.3 Å². The Bertz CT molecular complexity index is 440. The van der Waals surface area contributed by atoms with Gasteiger partial charge in [0.25, 0.3) is 0 Å². The molecule has 0 aliphatic heterocycles. The van der Waals surface area contributed by atoms with E-state index in [4.69, 9.17) is 5.73 Å². The largest absolute Gasteiger partial charge is 0.369 e. The van der Waals surface area contributed by atoms with Gasteiger partial charge in [-0.15, -0.1) is 0 Å². The highest BCUT2D eigenvalue weighted by Gasteiger charge is 2.05. The minimum atomic E-state index is 0.432. The van der Waals surface area contributed by atoms with Crippen LogP contribution in [0.4, 0.5) is 5.95 Å². The van der Waals surface area contributed by atoms with Gasteiger partial charge in [0.05, 0.1) is 18.1 Å². The first-order chi connectivity index (χ1) is 7.15. The number of hydrogen-bond acceptors (Lipinski definition) is 3. The first kappa shape index (κ1) is 9.76. The van der Waals surface area contributed by atoms with E-state index in [0.717, 1.165) is 17.8 Å². The predicted octanol–water partition coefficient (Wildman–Crippen LogP) is 1.51. The van der Waals surface area contributed by atoms with Gasteiger partial charge in [-0.2, -0.15) is 5.10 Å². The molecular weight excluding hydrogens is 190 g/mol. The van der Waals surface area contributed by atoms with Crippen LogP contribution in [0.15, 0.2) is 18.6 Å². The third-order valence-corrected chi connectivity index (χ3v) is 2.09. The van der Waals surface area contributed by atoms with Gasteiger partial charge in [-0.05, 0) is 5.92 Å². The molecule has 0 fully saturated rings. The standard InChI is InChI=1S/C10H15N5/c1-7(2)5-15-6-8(3-13-15)9-4-12-10(11)14-9/h3-4,6-7H,5H2,1-2H3,(H3,11,12,14). The van der Waals surface area contributed by atoms with Gasteiger partial charge >= 0.3 is 0 Å². The lowest BCUT2D eigenvalue weighted by atomic mass is 10.2. The van der Waals surface area contributed by atoms with E-state index < -0.39 is 0 Å². The zero-order valence-corrected chi connectivity index (χ0v) is 8.94. The lowest BCUT2D eigenvalue weighted by Gasteiger charge is -2.03. The molecule has 5 heteroatoms. The number of hydrogen-bond donors (Lipinski definition) is 2. The maximum absolute atomic E-state index is 5.51. The molecule has 80 valence electrons. The lowest BCUT2D eigenvalue weighted by Crippen LogP contribution is -2.03. The van der Waals surface area contributed by atoms with Crippen LogP contribution in [0.5, 0.6) is 0 Å². The Morgan fingerprint density at radius 3 is 2.87 bits per heavy atom. The Morgan fingerprint density at radius 2 is 2.27 bits per heavy atom. The molecule has 0 aliphatic carbocycles. The van der Waals surface area contributed by atoms with Crippen molar-refractivity contribution in [3.63, 3.8) is 0 Å².